The van der Waals surface area contributed by atoms with Crippen LogP contribution in [0.2, 0.25) is 0 Å². The van der Waals surface area contributed by atoms with Crippen LogP contribution in [0, 0.1) is 0 Å². The third-order valence-corrected chi connectivity index (χ3v) is 4.09. The number of hydrogen-bond donors (Lipinski definition) is 0. The Bertz CT molecular complexity index is 762. The summed E-state index contributed by atoms with van der Waals surface area (Å²) in [6.07, 6.45) is 0.507. The van der Waals surface area contributed by atoms with Crippen LogP contribution in [-0.4, -0.2) is 12.2 Å². The van der Waals surface area contributed by atoms with Crippen LogP contribution >= 0.6 is 0 Å². The molecule has 126 valence electrons. The van der Waals surface area contributed by atoms with E-state index >= 15 is 0 Å². The Labute approximate surface area is 144 Å². The van der Waals surface area contributed by atoms with E-state index in [-0.39, 0.29) is 12.2 Å². The van der Waals surface area contributed by atoms with Gasteiger partial charge in [0, 0.05) is 0 Å². The summed E-state index contributed by atoms with van der Waals surface area (Å²) in [5.74, 6) is 0. The zero-order valence-corrected chi connectivity index (χ0v) is 15.0. The van der Waals surface area contributed by atoms with Crippen LogP contribution in [0.25, 0.3) is 21.5 Å². The lowest BCUT2D eigenvalue weighted by Gasteiger charge is -2.10. The Kier molecular flexibility index (Phi) is 5.17. The number of rotatable bonds is 6. The summed E-state index contributed by atoms with van der Waals surface area (Å²) in [5.41, 5.74) is 2.44. The zero-order chi connectivity index (χ0) is 17.1. The molecule has 0 aliphatic heterocycles. The lowest BCUT2D eigenvalue weighted by molar-refractivity contribution is 0.0656. The molecule has 0 aliphatic rings. The Morgan fingerprint density at radius 3 is 1.38 bits per heavy atom. The SMILES string of the molecule is CC(C)OCc1ccc2cc3cc(COC(C)C)ccc3cc2c1. The molecule has 3 aromatic rings. The highest BCUT2D eigenvalue weighted by Gasteiger charge is 2.03. The molecule has 0 bridgehead atoms. The molecule has 0 atom stereocenters. The van der Waals surface area contributed by atoms with Gasteiger partial charge < -0.3 is 9.47 Å². The normalized spacial score (nSPS) is 11.9. The first kappa shape index (κ1) is 16.9. The van der Waals surface area contributed by atoms with E-state index in [0.717, 1.165) is 0 Å². The van der Waals surface area contributed by atoms with Crippen LogP contribution < -0.4 is 0 Å². The number of benzene rings is 3. The first-order valence-electron chi connectivity index (χ1n) is 8.70. The van der Waals surface area contributed by atoms with Crippen LogP contribution in [0.4, 0.5) is 0 Å². The largest absolute Gasteiger partial charge is 0.374 e. The smallest absolute Gasteiger partial charge is 0.0720 e. The minimum atomic E-state index is 0.253. The maximum absolute atomic E-state index is 5.71. The first-order valence-corrected chi connectivity index (χ1v) is 8.70. The van der Waals surface area contributed by atoms with Crippen LogP contribution in [0.15, 0.2) is 48.5 Å². The Morgan fingerprint density at radius 2 is 1.00 bits per heavy atom. The fraction of sp³-hybridized carbons (Fsp3) is 0.364. The highest BCUT2D eigenvalue weighted by Crippen LogP contribution is 2.25. The molecule has 0 N–H and O–H groups in total. The molecule has 2 nitrogen and oxygen atoms in total. The molecule has 2 heteroatoms. The number of ether oxygens (including phenoxy) is 2. The van der Waals surface area contributed by atoms with E-state index in [0.29, 0.717) is 13.2 Å². The van der Waals surface area contributed by atoms with E-state index in [1.807, 2.05) is 0 Å². The molecule has 3 aromatic carbocycles. The molecule has 3 rings (SSSR count). The lowest BCUT2D eigenvalue weighted by atomic mass is 10.0. The van der Waals surface area contributed by atoms with E-state index in [1.54, 1.807) is 0 Å². The van der Waals surface area contributed by atoms with Crippen molar-refractivity contribution in [1.82, 2.24) is 0 Å². The first-order chi connectivity index (χ1) is 11.5. The fourth-order valence-electron chi connectivity index (χ4n) is 2.80. The average molecular weight is 322 g/mol. The molecule has 0 amide bonds. The fourth-order valence-corrected chi connectivity index (χ4v) is 2.80. The molecule has 0 unspecified atom stereocenters. The van der Waals surface area contributed by atoms with Crippen molar-refractivity contribution in [2.45, 2.75) is 53.1 Å². The van der Waals surface area contributed by atoms with E-state index in [4.69, 9.17) is 9.47 Å². The van der Waals surface area contributed by atoms with Crippen molar-refractivity contribution in [3.8, 4) is 0 Å². The number of hydrogen-bond acceptors (Lipinski definition) is 2. The maximum Gasteiger partial charge on any atom is 0.0720 e. The quantitative estimate of drug-likeness (QED) is 0.530. The van der Waals surface area contributed by atoms with E-state index < -0.39 is 0 Å². The molecule has 0 aliphatic carbocycles. The maximum atomic E-state index is 5.71. The van der Waals surface area contributed by atoms with Crippen molar-refractivity contribution < 1.29 is 9.47 Å². The molecular weight excluding hydrogens is 296 g/mol. The Balaban J connectivity index is 1.90. The summed E-state index contributed by atoms with van der Waals surface area (Å²) in [7, 11) is 0. The van der Waals surface area contributed by atoms with Gasteiger partial charge in [-0.05, 0) is 84.6 Å². The van der Waals surface area contributed by atoms with E-state index in [2.05, 4.69) is 76.2 Å². The summed E-state index contributed by atoms with van der Waals surface area (Å²) in [6.45, 7) is 9.59. The molecule has 0 radical (unpaired) electrons. The highest BCUT2D eigenvalue weighted by molar-refractivity contribution is 5.98. The van der Waals surface area contributed by atoms with Gasteiger partial charge in [0.15, 0.2) is 0 Å². The van der Waals surface area contributed by atoms with Gasteiger partial charge in [0.1, 0.15) is 0 Å². The van der Waals surface area contributed by atoms with Crippen molar-refractivity contribution in [1.29, 1.82) is 0 Å². The van der Waals surface area contributed by atoms with Gasteiger partial charge in [0.25, 0.3) is 0 Å². The van der Waals surface area contributed by atoms with Crippen LogP contribution in [0.3, 0.4) is 0 Å². The summed E-state index contributed by atoms with van der Waals surface area (Å²) >= 11 is 0. The highest BCUT2D eigenvalue weighted by atomic mass is 16.5. The summed E-state index contributed by atoms with van der Waals surface area (Å²) in [4.78, 5) is 0. The predicted molar refractivity (Wildman–Crippen MR) is 101 cm³/mol. The Morgan fingerprint density at radius 1 is 0.583 bits per heavy atom. The van der Waals surface area contributed by atoms with Crippen molar-refractivity contribution in [2.24, 2.45) is 0 Å². The van der Waals surface area contributed by atoms with Crippen LogP contribution in [-0.2, 0) is 22.7 Å². The average Bonchev–Trinajstić information content (AvgIpc) is 2.56. The van der Waals surface area contributed by atoms with Gasteiger partial charge in [-0.1, -0.05) is 24.3 Å². The van der Waals surface area contributed by atoms with Gasteiger partial charge in [-0.25, -0.2) is 0 Å². The molecule has 0 fully saturated rings. The molecule has 0 heterocycles. The predicted octanol–water partition coefficient (Wildman–Crippen LogP) is 5.84. The van der Waals surface area contributed by atoms with Gasteiger partial charge in [-0.2, -0.15) is 0 Å². The summed E-state index contributed by atoms with van der Waals surface area (Å²) < 4.78 is 11.4. The second kappa shape index (κ2) is 7.33. The molecular formula is C22H26O2. The molecule has 0 saturated carbocycles. The zero-order valence-electron chi connectivity index (χ0n) is 15.0. The van der Waals surface area contributed by atoms with Gasteiger partial charge in [0.05, 0.1) is 25.4 Å². The summed E-state index contributed by atoms with van der Waals surface area (Å²) in [6, 6.07) is 17.7. The third-order valence-electron chi connectivity index (χ3n) is 4.09. The van der Waals surface area contributed by atoms with Crippen molar-refractivity contribution >= 4 is 21.5 Å². The Hall–Kier alpha value is -1.90. The molecule has 0 spiro atoms. The molecule has 0 saturated heterocycles. The minimum Gasteiger partial charge on any atom is -0.374 e. The topological polar surface area (TPSA) is 18.5 Å². The van der Waals surface area contributed by atoms with Crippen LogP contribution in [0.1, 0.15) is 38.8 Å². The lowest BCUT2D eigenvalue weighted by Crippen LogP contribution is -2.02. The van der Waals surface area contributed by atoms with Crippen LogP contribution in [0.5, 0.6) is 0 Å². The molecule has 24 heavy (non-hydrogen) atoms. The van der Waals surface area contributed by atoms with Crippen molar-refractivity contribution in [3.63, 3.8) is 0 Å². The molecule has 0 aromatic heterocycles. The van der Waals surface area contributed by atoms with Gasteiger partial charge in [-0.3, -0.25) is 0 Å². The number of fused-ring (bicyclic) bond motifs is 2. The second-order valence-corrected chi connectivity index (χ2v) is 6.93. The van der Waals surface area contributed by atoms with Crippen molar-refractivity contribution in [2.75, 3.05) is 0 Å². The summed E-state index contributed by atoms with van der Waals surface area (Å²) in [5, 5.41) is 5.05. The van der Waals surface area contributed by atoms with Gasteiger partial charge in [0.2, 0.25) is 0 Å². The monoisotopic (exact) mass is 322 g/mol. The van der Waals surface area contributed by atoms with Gasteiger partial charge in [-0.15, -0.1) is 0 Å². The van der Waals surface area contributed by atoms with Crippen molar-refractivity contribution in [3.05, 3.63) is 59.7 Å². The standard InChI is InChI=1S/C22H26O2/c1-15(2)23-13-17-5-7-19-12-22-10-18(14-24-16(3)4)6-8-20(22)11-21(19)9-17/h5-12,15-16H,13-14H2,1-4H3. The minimum absolute atomic E-state index is 0.253. The third kappa shape index (κ3) is 4.14. The van der Waals surface area contributed by atoms with Gasteiger partial charge >= 0.3 is 0 Å². The second-order valence-electron chi connectivity index (χ2n) is 6.93. The van der Waals surface area contributed by atoms with E-state index in [1.165, 1.54) is 32.7 Å². The van der Waals surface area contributed by atoms with E-state index in [9.17, 15) is 0 Å².